The number of carbonyl (C=O) groups excluding carboxylic acids is 2. The number of hydrogen-bond donors (Lipinski definition) is 4. The molecule has 1 aromatic carbocycles. The van der Waals surface area contributed by atoms with E-state index in [1.165, 1.54) is 0 Å². The van der Waals surface area contributed by atoms with Crippen molar-refractivity contribution in [2.24, 2.45) is 5.92 Å². The number of nitrogens with zero attached hydrogens (tertiary/aromatic N) is 1. The van der Waals surface area contributed by atoms with E-state index in [2.05, 4.69) is 26.8 Å². The number of carboxylic acids is 1. The van der Waals surface area contributed by atoms with Crippen molar-refractivity contribution in [2.75, 3.05) is 44.2 Å². The van der Waals surface area contributed by atoms with Crippen LogP contribution in [0.1, 0.15) is 16.8 Å². The molecule has 2 amide bonds. The Kier molecular flexibility index (Phi) is 7.64. The van der Waals surface area contributed by atoms with Gasteiger partial charge in [-0.1, -0.05) is 6.07 Å². The molecule has 1 aliphatic rings. The molecule has 0 aromatic heterocycles. The molecule has 0 aliphatic carbocycles. The van der Waals surface area contributed by atoms with Crippen LogP contribution in [0.2, 0.25) is 0 Å². The molecule has 0 unspecified atom stereocenters. The van der Waals surface area contributed by atoms with Gasteiger partial charge in [0.15, 0.2) is 0 Å². The molecule has 0 bridgehead atoms. The number of hydrogen-bond acceptors (Lipinski definition) is 5. The van der Waals surface area contributed by atoms with Crippen molar-refractivity contribution >= 4 is 23.5 Å². The minimum Gasteiger partial charge on any atom is -0.481 e. The second-order valence-electron chi connectivity index (χ2n) is 6.24. The fraction of sp³-hybridized carbons (Fsp3) is 0.421. The van der Waals surface area contributed by atoms with E-state index in [1.807, 2.05) is 12.1 Å². The number of piperazine rings is 1. The van der Waals surface area contributed by atoms with Crippen LogP contribution in [0.5, 0.6) is 0 Å². The maximum absolute atomic E-state index is 12.3. The lowest BCUT2D eigenvalue weighted by Crippen LogP contribution is -2.43. The second kappa shape index (κ2) is 10.2. The predicted molar refractivity (Wildman–Crippen MR) is 101 cm³/mol. The van der Waals surface area contributed by atoms with E-state index >= 15 is 0 Å². The number of amides is 2. The Morgan fingerprint density at radius 1 is 1.26 bits per heavy atom. The molecule has 1 aliphatic heterocycles. The number of aliphatic carboxylic acids is 1. The summed E-state index contributed by atoms with van der Waals surface area (Å²) in [4.78, 5) is 37.0. The zero-order valence-electron chi connectivity index (χ0n) is 15.0. The van der Waals surface area contributed by atoms with Crippen molar-refractivity contribution < 1.29 is 19.5 Å². The van der Waals surface area contributed by atoms with Gasteiger partial charge in [0.2, 0.25) is 5.91 Å². The van der Waals surface area contributed by atoms with Crippen molar-refractivity contribution in [3.8, 4) is 12.3 Å². The molecule has 2 rings (SSSR count). The molecule has 0 radical (unpaired) electrons. The van der Waals surface area contributed by atoms with Crippen LogP contribution < -0.4 is 20.9 Å². The summed E-state index contributed by atoms with van der Waals surface area (Å²) in [6.07, 6.45) is 5.02. The van der Waals surface area contributed by atoms with E-state index < -0.39 is 17.8 Å². The standard InChI is InChI=1S/C19H24N4O4/c1-2-14(10-18(25)26)12-21-17(24)13-22-19(27)15-4-3-5-16(11-15)23-8-6-20-7-9-23/h1,3-5,11,14,20H,6-10,12-13H2,(H,21,24)(H,22,27)(H,25,26)/t14-/m1/s1. The largest absolute Gasteiger partial charge is 0.481 e. The fourth-order valence-corrected chi connectivity index (χ4v) is 2.73. The highest BCUT2D eigenvalue weighted by atomic mass is 16.4. The lowest BCUT2D eigenvalue weighted by molar-refractivity contribution is -0.137. The zero-order chi connectivity index (χ0) is 19.6. The average molecular weight is 372 g/mol. The first kappa shape index (κ1) is 20.3. The Morgan fingerprint density at radius 2 is 2.00 bits per heavy atom. The predicted octanol–water partition coefficient (Wildman–Crippen LogP) is -0.334. The average Bonchev–Trinajstić information content (AvgIpc) is 2.69. The number of terminal acetylenes is 1. The summed E-state index contributed by atoms with van der Waals surface area (Å²) < 4.78 is 0. The lowest BCUT2D eigenvalue weighted by Gasteiger charge is -2.29. The molecule has 4 N–H and O–H groups in total. The highest BCUT2D eigenvalue weighted by Gasteiger charge is 2.15. The summed E-state index contributed by atoms with van der Waals surface area (Å²) in [6, 6.07) is 7.27. The van der Waals surface area contributed by atoms with Crippen LogP contribution in [0.4, 0.5) is 5.69 Å². The van der Waals surface area contributed by atoms with E-state index in [9.17, 15) is 14.4 Å². The van der Waals surface area contributed by atoms with E-state index in [4.69, 9.17) is 11.5 Å². The molecule has 1 fully saturated rings. The second-order valence-corrected chi connectivity index (χ2v) is 6.24. The van der Waals surface area contributed by atoms with Gasteiger partial charge in [0.1, 0.15) is 0 Å². The maximum Gasteiger partial charge on any atom is 0.304 e. The molecular formula is C19H24N4O4. The molecular weight excluding hydrogens is 348 g/mol. The number of rotatable bonds is 8. The Hall–Kier alpha value is -3.05. The highest BCUT2D eigenvalue weighted by molar-refractivity contribution is 5.97. The molecule has 8 nitrogen and oxygen atoms in total. The van der Waals surface area contributed by atoms with Gasteiger partial charge in [-0.2, -0.15) is 0 Å². The Bertz CT molecular complexity index is 723. The summed E-state index contributed by atoms with van der Waals surface area (Å²) in [6.45, 7) is 3.39. The monoisotopic (exact) mass is 372 g/mol. The summed E-state index contributed by atoms with van der Waals surface area (Å²) in [7, 11) is 0. The van der Waals surface area contributed by atoms with Crippen LogP contribution in [0.3, 0.4) is 0 Å². The summed E-state index contributed by atoms with van der Waals surface area (Å²) >= 11 is 0. The quantitative estimate of drug-likeness (QED) is 0.465. The summed E-state index contributed by atoms with van der Waals surface area (Å²) in [5.41, 5.74) is 1.45. The number of carboxylic acid groups (broad SMARTS) is 1. The highest BCUT2D eigenvalue weighted by Crippen LogP contribution is 2.16. The first-order chi connectivity index (χ1) is 13.0. The van der Waals surface area contributed by atoms with Gasteiger partial charge < -0.3 is 26.0 Å². The van der Waals surface area contributed by atoms with E-state index in [-0.39, 0.29) is 25.4 Å². The molecule has 1 saturated heterocycles. The van der Waals surface area contributed by atoms with Gasteiger partial charge in [-0.3, -0.25) is 14.4 Å². The van der Waals surface area contributed by atoms with Crippen LogP contribution in [0.25, 0.3) is 0 Å². The molecule has 1 aromatic rings. The Balaban J connectivity index is 1.82. The van der Waals surface area contributed by atoms with Crippen LogP contribution in [-0.2, 0) is 9.59 Å². The number of anilines is 1. The van der Waals surface area contributed by atoms with Crippen molar-refractivity contribution in [1.82, 2.24) is 16.0 Å². The van der Waals surface area contributed by atoms with Crippen molar-refractivity contribution in [3.63, 3.8) is 0 Å². The first-order valence-corrected chi connectivity index (χ1v) is 8.78. The van der Waals surface area contributed by atoms with Gasteiger partial charge >= 0.3 is 5.97 Å². The summed E-state index contributed by atoms with van der Waals surface area (Å²) in [5, 5.41) is 17.1. The number of carbonyl (C=O) groups is 3. The molecule has 0 saturated carbocycles. The minimum absolute atomic E-state index is 0.0516. The third-order valence-corrected chi connectivity index (χ3v) is 4.20. The molecule has 144 valence electrons. The van der Waals surface area contributed by atoms with Gasteiger partial charge in [-0.05, 0) is 18.2 Å². The van der Waals surface area contributed by atoms with Crippen LogP contribution in [-0.4, -0.2) is 62.2 Å². The minimum atomic E-state index is -1.02. The number of benzene rings is 1. The third-order valence-electron chi connectivity index (χ3n) is 4.20. The molecule has 8 heteroatoms. The van der Waals surface area contributed by atoms with Gasteiger partial charge in [-0.25, -0.2) is 0 Å². The SMILES string of the molecule is C#C[C@@H](CNC(=O)CNC(=O)c1cccc(N2CCNCC2)c1)CC(=O)O. The van der Waals surface area contributed by atoms with Crippen LogP contribution in [0, 0.1) is 18.3 Å². The third kappa shape index (κ3) is 6.64. The Labute approximate surface area is 158 Å². The van der Waals surface area contributed by atoms with Gasteiger partial charge in [0.25, 0.3) is 5.91 Å². The lowest BCUT2D eigenvalue weighted by atomic mass is 10.1. The van der Waals surface area contributed by atoms with Crippen molar-refractivity contribution in [2.45, 2.75) is 6.42 Å². The van der Waals surface area contributed by atoms with Crippen LogP contribution in [0.15, 0.2) is 24.3 Å². The zero-order valence-corrected chi connectivity index (χ0v) is 15.0. The van der Waals surface area contributed by atoms with Crippen LogP contribution >= 0.6 is 0 Å². The normalized spacial score (nSPS) is 14.7. The van der Waals surface area contributed by atoms with E-state index in [1.54, 1.807) is 12.1 Å². The molecule has 0 spiro atoms. The van der Waals surface area contributed by atoms with Crippen molar-refractivity contribution in [1.29, 1.82) is 0 Å². The van der Waals surface area contributed by atoms with Gasteiger partial charge in [0, 0.05) is 49.9 Å². The molecule has 1 atom stereocenters. The van der Waals surface area contributed by atoms with E-state index in [0.29, 0.717) is 5.56 Å². The maximum atomic E-state index is 12.3. The molecule has 1 heterocycles. The van der Waals surface area contributed by atoms with Crippen molar-refractivity contribution in [3.05, 3.63) is 29.8 Å². The Morgan fingerprint density at radius 3 is 2.67 bits per heavy atom. The number of nitrogens with one attached hydrogen (secondary N) is 3. The van der Waals surface area contributed by atoms with E-state index in [0.717, 1.165) is 31.9 Å². The topological polar surface area (TPSA) is 111 Å². The summed E-state index contributed by atoms with van der Waals surface area (Å²) in [5.74, 6) is -0.0537. The molecule has 27 heavy (non-hydrogen) atoms. The smallest absolute Gasteiger partial charge is 0.304 e. The van der Waals surface area contributed by atoms with Gasteiger partial charge in [0.05, 0.1) is 13.0 Å². The fourth-order valence-electron chi connectivity index (χ4n) is 2.73. The van der Waals surface area contributed by atoms with Gasteiger partial charge in [-0.15, -0.1) is 12.3 Å². The first-order valence-electron chi connectivity index (χ1n) is 8.78.